The first-order valence-corrected chi connectivity index (χ1v) is 7.22. The number of rotatable bonds is 5. The summed E-state index contributed by atoms with van der Waals surface area (Å²) in [5.41, 5.74) is 1.11. The molecule has 2 heterocycles. The first kappa shape index (κ1) is 12.7. The number of halogens is 1. The Kier molecular flexibility index (Phi) is 4.71. The summed E-state index contributed by atoms with van der Waals surface area (Å²) in [7, 11) is 2.14. The fraction of sp³-hybridized carbons (Fsp3) is 0.308. The number of likely N-dealkylation sites (N-methyl/N-ethyl adjacent to an activating group) is 1. The SMILES string of the molecule is CN(CCc1cccs1)Cc1ccc(Br)cn1. The maximum absolute atomic E-state index is 4.38. The molecule has 17 heavy (non-hydrogen) atoms. The van der Waals surface area contributed by atoms with Gasteiger partial charge in [0, 0.05) is 28.6 Å². The molecule has 0 atom stereocenters. The standard InChI is InChI=1S/C13H15BrN2S/c1-16(7-6-13-3-2-8-17-13)10-12-5-4-11(14)9-15-12/h2-5,8-9H,6-7,10H2,1H3. The average molecular weight is 311 g/mol. The summed E-state index contributed by atoms with van der Waals surface area (Å²) in [6.45, 7) is 1.97. The fourth-order valence-corrected chi connectivity index (χ4v) is 2.54. The van der Waals surface area contributed by atoms with Crippen molar-refractivity contribution in [1.82, 2.24) is 9.88 Å². The number of nitrogens with zero attached hydrogens (tertiary/aromatic N) is 2. The summed E-state index contributed by atoms with van der Waals surface area (Å²) in [6.07, 6.45) is 2.97. The van der Waals surface area contributed by atoms with Gasteiger partial charge >= 0.3 is 0 Å². The van der Waals surface area contributed by atoms with Gasteiger partial charge in [-0.15, -0.1) is 11.3 Å². The molecule has 2 aromatic heterocycles. The second-order valence-electron chi connectivity index (χ2n) is 4.03. The Balaban J connectivity index is 1.80. The molecule has 0 bridgehead atoms. The lowest BCUT2D eigenvalue weighted by Gasteiger charge is -2.15. The topological polar surface area (TPSA) is 16.1 Å². The lowest BCUT2D eigenvalue weighted by atomic mass is 10.3. The minimum absolute atomic E-state index is 0.901. The van der Waals surface area contributed by atoms with Crippen molar-refractivity contribution in [2.24, 2.45) is 0 Å². The molecule has 2 aromatic rings. The zero-order chi connectivity index (χ0) is 12.1. The molecule has 0 radical (unpaired) electrons. The maximum Gasteiger partial charge on any atom is 0.0544 e. The van der Waals surface area contributed by atoms with E-state index >= 15 is 0 Å². The first-order chi connectivity index (χ1) is 8.24. The smallest absolute Gasteiger partial charge is 0.0544 e. The van der Waals surface area contributed by atoms with E-state index in [9.17, 15) is 0 Å². The molecular weight excluding hydrogens is 296 g/mol. The van der Waals surface area contributed by atoms with Crippen molar-refractivity contribution in [2.45, 2.75) is 13.0 Å². The summed E-state index contributed by atoms with van der Waals surface area (Å²) < 4.78 is 1.03. The van der Waals surface area contributed by atoms with Crippen molar-refractivity contribution < 1.29 is 0 Å². The molecule has 0 fully saturated rings. The highest BCUT2D eigenvalue weighted by Crippen LogP contribution is 2.11. The van der Waals surface area contributed by atoms with Gasteiger partial charge in [-0.2, -0.15) is 0 Å². The van der Waals surface area contributed by atoms with Gasteiger partial charge in [0.1, 0.15) is 0 Å². The van der Waals surface area contributed by atoms with Gasteiger partial charge in [0.2, 0.25) is 0 Å². The third kappa shape index (κ3) is 4.22. The van der Waals surface area contributed by atoms with Crippen molar-refractivity contribution in [3.05, 3.63) is 50.9 Å². The van der Waals surface area contributed by atoms with Crippen LogP contribution in [0.4, 0.5) is 0 Å². The second kappa shape index (κ2) is 6.28. The quantitative estimate of drug-likeness (QED) is 0.839. The van der Waals surface area contributed by atoms with Crippen LogP contribution in [-0.2, 0) is 13.0 Å². The Bertz CT molecular complexity index is 439. The van der Waals surface area contributed by atoms with Crippen molar-refractivity contribution in [2.75, 3.05) is 13.6 Å². The number of thiophene rings is 1. The van der Waals surface area contributed by atoms with Gasteiger partial charge in [-0.3, -0.25) is 4.98 Å². The molecule has 0 unspecified atom stereocenters. The largest absolute Gasteiger partial charge is 0.300 e. The van der Waals surface area contributed by atoms with E-state index in [0.717, 1.165) is 29.7 Å². The van der Waals surface area contributed by atoms with Crippen LogP contribution in [0.2, 0.25) is 0 Å². The normalized spacial score (nSPS) is 11.0. The fourth-order valence-electron chi connectivity index (χ4n) is 1.61. The minimum atomic E-state index is 0.901. The minimum Gasteiger partial charge on any atom is -0.300 e. The molecule has 0 aliphatic heterocycles. The van der Waals surface area contributed by atoms with Gasteiger partial charge in [0.15, 0.2) is 0 Å². The Morgan fingerprint density at radius 1 is 1.35 bits per heavy atom. The van der Waals surface area contributed by atoms with Gasteiger partial charge in [-0.25, -0.2) is 0 Å². The zero-order valence-electron chi connectivity index (χ0n) is 9.77. The Hall–Kier alpha value is -0.710. The third-order valence-corrected chi connectivity index (χ3v) is 3.95. The summed E-state index contributed by atoms with van der Waals surface area (Å²) in [6, 6.07) is 8.40. The van der Waals surface area contributed by atoms with Crippen LogP contribution in [0.1, 0.15) is 10.6 Å². The molecule has 0 saturated carbocycles. The van der Waals surface area contributed by atoms with Crippen LogP contribution in [0, 0.1) is 0 Å². The van der Waals surface area contributed by atoms with Crippen molar-refractivity contribution >= 4 is 27.3 Å². The molecule has 0 aromatic carbocycles. The number of pyridine rings is 1. The molecule has 0 aliphatic carbocycles. The molecular formula is C13H15BrN2S. The highest BCUT2D eigenvalue weighted by Gasteiger charge is 2.02. The van der Waals surface area contributed by atoms with Crippen molar-refractivity contribution in [3.63, 3.8) is 0 Å². The lowest BCUT2D eigenvalue weighted by molar-refractivity contribution is 0.328. The molecule has 4 heteroatoms. The van der Waals surface area contributed by atoms with Gasteiger partial charge in [-0.05, 0) is 53.0 Å². The van der Waals surface area contributed by atoms with Crippen LogP contribution in [0.15, 0.2) is 40.3 Å². The molecule has 2 nitrogen and oxygen atoms in total. The van der Waals surface area contributed by atoms with Crippen LogP contribution in [-0.4, -0.2) is 23.5 Å². The monoisotopic (exact) mass is 310 g/mol. The van der Waals surface area contributed by atoms with E-state index in [2.05, 4.69) is 56.4 Å². The van der Waals surface area contributed by atoms with E-state index in [1.807, 2.05) is 23.6 Å². The van der Waals surface area contributed by atoms with E-state index in [1.165, 1.54) is 4.88 Å². The van der Waals surface area contributed by atoms with E-state index in [-0.39, 0.29) is 0 Å². The summed E-state index contributed by atoms with van der Waals surface area (Å²) in [5, 5.41) is 2.13. The predicted molar refractivity (Wildman–Crippen MR) is 76.3 cm³/mol. The van der Waals surface area contributed by atoms with E-state index in [1.54, 1.807) is 0 Å². The van der Waals surface area contributed by atoms with Crippen molar-refractivity contribution in [1.29, 1.82) is 0 Å². The molecule has 0 spiro atoms. The van der Waals surface area contributed by atoms with Crippen molar-refractivity contribution in [3.8, 4) is 0 Å². The number of aromatic nitrogens is 1. The summed E-state index contributed by atoms with van der Waals surface area (Å²) >= 11 is 5.22. The third-order valence-electron chi connectivity index (χ3n) is 2.54. The Morgan fingerprint density at radius 2 is 2.24 bits per heavy atom. The lowest BCUT2D eigenvalue weighted by Crippen LogP contribution is -2.21. The van der Waals surface area contributed by atoms with Crippen LogP contribution in [0.5, 0.6) is 0 Å². The van der Waals surface area contributed by atoms with Gasteiger partial charge in [-0.1, -0.05) is 6.07 Å². The molecule has 0 aliphatic rings. The predicted octanol–water partition coefficient (Wildman–Crippen LogP) is 3.58. The van der Waals surface area contributed by atoms with Crippen LogP contribution < -0.4 is 0 Å². The molecule has 0 amide bonds. The average Bonchev–Trinajstić information content (AvgIpc) is 2.83. The maximum atomic E-state index is 4.38. The highest BCUT2D eigenvalue weighted by molar-refractivity contribution is 9.10. The van der Waals surface area contributed by atoms with E-state index in [4.69, 9.17) is 0 Å². The van der Waals surface area contributed by atoms with E-state index < -0.39 is 0 Å². The summed E-state index contributed by atoms with van der Waals surface area (Å²) in [5.74, 6) is 0. The van der Waals surface area contributed by atoms with Crippen LogP contribution in [0.3, 0.4) is 0 Å². The highest BCUT2D eigenvalue weighted by atomic mass is 79.9. The Morgan fingerprint density at radius 3 is 2.88 bits per heavy atom. The van der Waals surface area contributed by atoms with E-state index in [0.29, 0.717) is 0 Å². The van der Waals surface area contributed by atoms with Crippen LogP contribution >= 0.6 is 27.3 Å². The van der Waals surface area contributed by atoms with Gasteiger partial charge < -0.3 is 4.90 Å². The molecule has 0 N–H and O–H groups in total. The molecule has 0 saturated heterocycles. The van der Waals surface area contributed by atoms with Crippen LogP contribution in [0.25, 0.3) is 0 Å². The Labute approximate surface area is 114 Å². The number of hydrogen-bond acceptors (Lipinski definition) is 3. The van der Waals surface area contributed by atoms with Gasteiger partial charge in [0.05, 0.1) is 5.69 Å². The first-order valence-electron chi connectivity index (χ1n) is 5.55. The molecule has 90 valence electrons. The zero-order valence-corrected chi connectivity index (χ0v) is 12.2. The number of hydrogen-bond donors (Lipinski definition) is 0. The molecule has 2 rings (SSSR count). The summed E-state index contributed by atoms with van der Waals surface area (Å²) in [4.78, 5) is 8.12. The second-order valence-corrected chi connectivity index (χ2v) is 5.98. The van der Waals surface area contributed by atoms with Gasteiger partial charge in [0.25, 0.3) is 0 Å².